The Balaban J connectivity index is 2.05. The van der Waals surface area contributed by atoms with E-state index >= 15 is 0 Å². The number of nitrogens with one attached hydrogen (secondary N) is 2. The molecular formula is C11H18N6O. The first-order valence-electron chi connectivity index (χ1n) is 5.96. The van der Waals surface area contributed by atoms with E-state index in [1.165, 1.54) is 10.8 Å². The smallest absolute Gasteiger partial charge is 0.274 e. The van der Waals surface area contributed by atoms with Gasteiger partial charge in [-0.15, -0.1) is 0 Å². The summed E-state index contributed by atoms with van der Waals surface area (Å²) in [5, 5.41) is 5.83. The summed E-state index contributed by atoms with van der Waals surface area (Å²) in [6.07, 6.45) is 2.53. The molecule has 0 radical (unpaired) electrons. The molecule has 0 bridgehead atoms. The van der Waals surface area contributed by atoms with Crippen LogP contribution in [0.5, 0.6) is 0 Å². The quantitative estimate of drug-likeness (QED) is 0.673. The Kier molecular flexibility index (Phi) is 4.06. The standard InChI is InChI=1S/C11H18N6O/c1-12-4-3-5-16(2)7-9-6-10(18)17-11(15-9)13-8-14-17/h6,8,12H,3-5,7H2,1-2H3,(H,13,14,15). The van der Waals surface area contributed by atoms with Crippen LogP contribution in [0.25, 0.3) is 5.78 Å². The van der Waals surface area contributed by atoms with Crippen LogP contribution in [-0.4, -0.2) is 51.7 Å². The van der Waals surface area contributed by atoms with E-state index in [2.05, 4.69) is 25.3 Å². The van der Waals surface area contributed by atoms with Crippen LogP contribution in [0.15, 0.2) is 17.2 Å². The van der Waals surface area contributed by atoms with Gasteiger partial charge in [0.25, 0.3) is 11.3 Å². The molecule has 0 fully saturated rings. The first-order chi connectivity index (χ1) is 8.70. The number of aromatic amines is 1. The van der Waals surface area contributed by atoms with E-state index in [0.29, 0.717) is 12.3 Å². The molecule has 18 heavy (non-hydrogen) atoms. The summed E-state index contributed by atoms with van der Waals surface area (Å²) in [6.45, 7) is 2.60. The van der Waals surface area contributed by atoms with Crippen molar-refractivity contribution in [3.05, 3.63) is 28.4 Å². The largest absolute Gasteiger partial charge is 0.320 e. The highest BCUT2D eigenvalue weighted by Gasteiger charge is 2.06. The summed E-state index contributed by atoms with van der Waals surface area (Å²) < 4.78 is 1.32. The third-order valence-corrected chi connectivity index (χ3v) is 2.72. The maximum atomic E-state index is 11.7. The average Bonchev–Trinajstić information content (AvgIpc) is 2.78. The van der Waals surface area contributed by atoms with Crippen molar-refractivity contribution in [1.29, 1.82) is 0 Å². The van der Waals surface area contributed by atoms with Crippen molar-refractivity contribution < 1.29 is 0 Å². The molecule has 98 valence electrons. The number of aromatic nitrogens is 4. The van der Waals surface area contributed by atoms with Crippen molar-refractivity contribution in [2.45, 2.75) is 13.0 Å². The van der Waals surface area contributed by atoms with Crippen molar-refractivity contribution in [1.82, 2.24) is 29.8 Å². The average molecular weight is 250 g/mol. The van der Waals surface area contributed by atoms with Crippen molar-refractivity contribution >= 4 is 5.78 Å². The molecule has 0 unspecified atom stereocenters. The molecule has 2 N–H and O–H groups in total. The monoisotopic (exact) mass is 250 g/mol. The second kappa shape index (κ2) is 5.74. The van der Waals surface area contributed by atoms with Gasteiger partial charge in [-0.1, -0.05) is 0 Å². The topological polar surface area (TPSA) is 78.3 Å². The minimum absolute atomic E-state index is 0.129. The highest BCUT2D eigenvalue weighted by atomic mass is 16.1. The van der Waals surface area contributed by atoms with Crippen LogP contribution in [-0.2, 0) is 6.54 Å². The molecule has 2 heterocycles. The number of hydrogen-bond donors (Lipinski definition) is 2. The molecule has 0 spiro atoms. The lowest BCUT2D eigenvalue weighted by atomic mass is 10.3. The lowest BCUT2D eigenvalue weighted by molar-refractivity contribution is 0.317. The van der Waals surface area contributed by atoms with Gasteiger partial charge in [0.15, 0.2) is 0 Å². The van der Waals surface area contributed by atoms with Gasteiger partial charge in [0.2, 0.25) is 0 Å². The molecule has 7 nitrogen and oxygen atoms in total. The Morgan fingerprint density at radius 1 is 1.56 bits per heavy atom. The Hall–Kier alpha value is -1.73. The Bertz CT molecular complexity index is 560. The molecule has 0 saturated carbocycles. The fourth-order valence-electron chi connectivity index (χ4n) is 1.83. The minimum atomic E-state index is -0.129. The first kappa shape index (κ1) is 12.7. The molecular weight excluding hydrogens is 232 g/mol. The summed E-state index contributed by atoms with van der Waals surface area (Å²) in [5.41, 5.74) is 0.621. The van der Waals surface area contributed by atoms with Gasteiger partial charge in [-0.2, -0.15) is 4.52 Å². The maximum absolute atomic E-state index is 11.7. The predicted octanol–water partition coefficient (Wildman–Crippen LogP) is -0.541. The van der Waals surface area contributed by atoms with Crippen LogP contribution >= 0.6 is 0 Å². The number of fused-ring (bicyclic) bond motifs is 1. The normalized spacial score (nSPS) is 11.5. The lowest BCUT2D eigenvalue weighted by Gasteiger charge is -2.15. The van der Waals surface area contributed by atoms with Crippen LogP contribution in [0.1, 0.15) is 12.1 Å². The molecule has 7 heteroatoms. The summed E-state index contributed by atoms with van der Waals surface area (Å²) in [7, 11) is 3.96. The van der Waals surface area contributed by atoms with Gasteiger partial charge in [-0.3, -0.25) is 9.89 Å². The van der Waals surface area contributed by atoms with Crippen LogP contribution < -0.4 is 10.9 Å². The zero-order chi connectivity index (χ0) is 13.0. The maximum Gasteiger partial charge on any atom is 0.274 e. The third kappa shape index (κ3) is 2.93. The van der Waals surface area contributed by atoms with Crippen molar-refractivity contribution in [3.63, 3.8) is 0 Å². The second-order valence-corrected chi connectivity index (χ2v) is 4.30. The third-order valence-electron chi connectivity index (χ3n) is 2.72. The summed E-state index contributed by atoms with van der Waals surface area (Å²) in [4.78, 5) is 22.2. The SMILES string of the molecule is CNCCCN(C)Cc1cc(=O)n2[nH]cnc2n1. The number of nitrogens with zero attached hydrogens (tertiary/aromatic N) is 4. The zero-order valence-corrected chi connectivity index (χ0v) is 10.7. The number of rotatable bonds is 6. The Labute approximate surface area is 105 Å². The first-order valence-corrected chi connectivity index (χ1v) is 5.96. The number of H-pyrrole nitrogens is 1. The molecule has 2 rings (SSSR count). The molecule has 0 aliphatic rings. The predicted molar refractivity (Wildman–Crippen MR) is 68.5 cm³/mol. The Morgan fingerprint density at radius 2 is 2.39 bits per heavy atom. The van der Waals surface area contributed by atoms with Crippen LogP contribution in [0.4, 0.5) is 0 Å². The van der Waals surface area contributed by atoms with E-state index in [-0.39, 0.29) is 5.56 Å². The van der Waals surface area contributed by atoms with E-state index in [4.69, 9.17) is 0 Å². The van der Waals surface area contributed by atoms with E-state index in [1.807, 2.05) is 14.1 Å². The van der Waals surface area contributed by atoms with E-state index < -0.39 is 0 Å². The molecule has 0 aromatic carbocycles. The fraction of sp³-hybridized carbons (Fsp3) is 0.545. The molecule has 0 saturated heterocycles. The van der Waals surface area contributed by atoms with Gasteiger partial charge < -0.3 is 10.2 Å². The summed E-state index contributed by atoms with van der Waals surface area (Å²) in [5.74, 6) is 0.418. The minimum Gasteiger partial charge on any atom is -0.320 e. The van der Waals surface area contributed by atoms with Crippen LogP contribution in [0.3, 0.4) is 0 Å². The van der Waals surface area contributed by atoms with Gasteiger partial charge in [0.05, 0.1) is 5.69 Å². The summed E-state index contributed by atoms with van der Waals surface area (Å²) >= 11 is 0. The lowest BCUT2D eigenvalue weighted by Crippen LogP contribution is -2.24. The van der Waals surface area contributed by atoms with Gasteiger partial charge in [-0.05, 0) is 33.6 Å². The molecule has 0 atom stereocenters. The van der Waals surface area contributed by atoms with Crippen LogP contribution in [0, 0.1) is 0 Å². The fourth-order valence-corrected chi connectivity index (χ4v) is 1.83. The molecule has 0 amide bonds. The van der Waals surface area contributed by atoms with Crippen molar-refractivity contribution in [2.75, 3.05) is 27.2 Å². The summed E-state index contributed by atoms with van der Waals surface area (Å²) in [6, 6.07) is 1.54. The molecule has 0 aliphatic heterocycles. The van der Waals surface area contributed by atoms with Gasteiger partial charge in [0.1, 0.15) is 6.33 Å². The highest BCUT2D eigenvalue weighted by Crippen LogP contribution is 1.99. The zero-order valence-electron chi connectivity index (χ0n) is 10.7. The number of hydrogen-bond acceptors (Lipinski definition) is 5. The van der Waals surface area contributed by atoms with Crippen molar-refractivity contribution in [2.24, 2.45) is 0 Å². The second-order valence-electron chi connectivity index (χ2n) is 4.30. The van der Waals surface area contributed by atoms with E-state index in [9.17, 15) is 4.79 Å². The van der Waals surface area contributed by atoms with Crippen LogP contribution in [0.2, 0.25) is 0 Å². The highest BCUT2D eigenvalue weighted by molar-refractivity contribution is 5.25. The van der Waals surface area contributed by atoms with Gasteiger partial charge >= 0.3 is 0 Å². The van der Waals surface area contributed by atoms with E-state index in [0.717, 1.165) is 25.2 Å². The molecule has 2 aromatic rings. The van der Waals surface area contributed by atoms with E-state index in [1.54, 1.807) is 6.07 Å². The molecule has 0 aliphatic carbocycles. The van der Waals surface area contributed by atoms with Crippen molar-refractivity contribution in [3.8, 4) is 0 Å². The van der Waals surface area contributed by atoms with Gasteiger partial charge in [-0.25, -0.2) is 9.97 Å². The van der Waals surface area contributed by atoms with Gasteiger partial charge in [0, 0.05) is 12.6 Å². The Morgan fingerprint density at radius 3 is 3.17 bits per heavy atom. The molecule has 2 aromatic heterocycles.